The van der Waals surface area contributed by atoms with E-state index in [0.29, 0.717) is 0 Å². The minimum Gasteiger partial charge on any atom is -0.281 e. The first kappa shape index (κ1) is 10.1. The summed E-state index contributed by atoms with van der Waals surface area (Å²) in [4.78, 5) is 9.63. The quantitative estimate of drug-likeness (QED) is 0.760. The maximum absolute atomic E-state index is 4.48. The summed E-state index contributed by atoms with van der Waals surface area (Å²) in [6.07, 6.45) is 0. The van der Waals surface area contributed by atoms with Gasteiger partial charge < -0.3 is 0 Å². The molecule has 3 nitrogen and oxygen atoms in total. The third kappa shape index (κ3) is 2.15. The number of hydrogen-bond acceptors (Lipinski definition) is 3. The lowest BCUT2D eigenvalue weighted by molar-refractivity contribution is 0.994. The average Bonchev–Trinajstić information content (AvgIpc) is 2.61. The second-order valence-corrected chi connectivity index (χ2v) is 4.24. The van der Waals surface area contributed by atoms with Gasteiger partial charge in [-0.25, -0.2) is 0 Å². The van der Waals surface area contributed by atoms with Crippen LogP contribution in [0.25, 0.3) is 11.4 Å². The Hall–Kier alpha value is -1.42. The van der Waals surface area contributed by atoms with Crippen LogP contribution in [0.5, 0.6) is 0 Å². The molecule has 2 rings (SSSR count). The standard InChI is InChI=1S/C11H13N3S/c1-3-12-11-13-10(14(2)15-11)9-7-5-4-6-8-9/h4-8H,3H2,1-2H3. The van der Waals surface area contributed by atoms with Gasteiger partial charge in [-0.3, -0.25) is 8.95 Å². The fourth-order valence-corrected chi connectivity index (χ4v) is 2.17. The zero-order valence-electron chi connectivity index (χ0n) is 8.84. The Balaban J connectivity index is 2.50. The Morgan fingerprint density at radius 3 is 2.73 bits per heavy atom. The molecule has 1 aromatic heterocycles. The molecule has 0 atom stereocenters. The molecule has 0 spiro atoms. The highest BCUT2D eigenvalue weighted by Gasteiger charge is 2.04. The molecule has 0 aliphatic rings. The fraction of sp³-hybridized carbons (Fsp3) is 0.273. The summed E-state index contributed by atoms with van der Waals surface area (Å²) in [6, 6.07) is 10.2. The molecule has 1 heterocycles. The van der Waals surface area contributed by atoms with E-state index < -0.39 is 0 Å². The molecule has 0 amide bonds. The van der Waals surface area contributed by atoms with E-state index in [1.165, 1.54) is 0 Å². The molecular weight excluding hydrogens is 206 g/mol. The number of hydrogen-bond donors (Lipinski definition) is 0. The van der Waals surface area contributed by atoms with Gasteiger partial charge in [-0.15, -0.1) is 0 Å². The van der Waals surface area contributed by atoms with Gasteiger partial charge in [0.05, 0.1) is 0 Å². The maximum atomic E-state index is 4.48. The fourth-order valence-electron chi connectivity index (χ4n) is 1.38. The first-order valence-electron chi connectivity index (χ1n) is 4.91. The highest BCUT2D eigenvalue weighted by molar-refractivity contribution is 7.03. The average molecular weight is 219 g/mol. The third-order valence-corrected chi connectivity index (χ3v) is 2.87. The van der Waals surface area contributed by atoms with Gasteiger partial charge in [-0.05, 0) is 18.5 Å². The Labute approximate surface area is 92.9 Å². The van der Waals surface area contributed by atoms with Crippen molar-refractivity contribution in [1.29, 1.82) is 0 Å². The third-order valence-electron chi connectivity index (χ3n) is 2.04. The predicted molar refractivity (Wildman–Crippen MR) is 62.6 cm³/mol. The molecule has 15 heavy (non-hydrogen) atoms. The summed E-state index contributed by atoms with van der Waals surface area (Å²) in [7, 11) is 2.01. The van der Waals surface area contributed by atoms with Crippen LogP contribution in [-0.4, -0.2) is 15.5 Å². The van der Waals surface area contributed by atoms with Gasteiger partial charge in [0.25, 0.3) is 0 Å². The summed E-state index contributed by atoms with van der Waals surface area (Å²) in [6.45, 7) is 2.80. The largest absolute Gasteiger partial charge is 0.281 e. The molecule has 0 bridgehead atoms. The summed E-state index contributed by atoms with van der Waals surface area (Å²) in [5, 5.41) is 0. The SMILES string of the molecule is CCN=c1nc(-c2ccccc2)n(C)s1. The van der Waals surface area contributed by atoms with E-state index in [0.717, 1.165) is 22.7 Å². The zero-order valence-corrected chi connectivity index (χ0v) is 9.66. The van der Waals surface area contributed by atoms with Crippen LogP contribution in [0.3, 0.4) is 0 Å². The van der Waals surface area contributed by atoms with Gasteiger partial charge >= 0.3 is 0 Å². The maximum Gasteiger partial charge on any atom is 0.222 e. The van der Waals surface area contributed by atoms with E-state index >= 15 is 0 Å². The molecule has 0 fully saturated rings. The number of benzene rings is 1. The van der Waals surface area contributed by atoms with E-state index in [1.54, 1.807) is 11.5 Å². The van der Waals surface area contributed by atoms with E-state index in [9.17, 15) is 0 Å². The molecule has 0 saturated heterocycles. The predicted octanol–water partition coefficient (Wildman–Crippen LogP) is 2.07. The van der Waals surface area contributed by atoms with Crippen molar-refractivity contribution in [1.82, 2.24) is 8.94 Å². The van der Waals surface area contributed by atoms with Crippen LogP contribution >= 0.6 is 11.5 Å². The summed E-state index contributed by atoms with van der Waals surface area (Å²) < 4.78 is 2.05. The lowest BCUT2D eigenvalue weighted by Crippen LogP contribution is -1.98. The highest BCUT2D eigenvalue weighted by Crippen LogP contribution is 2.15. The van der Waals surface area contributed by atoms with Crippen LogP contribution < -0.4 is 4.80 Å². The number of aromatic nitrogens is 2. The molecular formula is C11H13N3S. The first-order chi connectivity index (χ1) is 7.31. The summed E-state index contributed by atoms with van der Waals surface area (Å²) in [5.74, 6) is 0.979. The van der Waals surface area contributed by atoms with Gasteiger partial charge in [-0.2, -0.15) is 4.98 Å². The van der Waals surface area contributed by atoms with Gasteiger partial charge in [0, 0.05) is 19.2 Å². The van der Waals surface area contributed by atoms with E-state index in [1.807, 2.05) is 36.1 Å². The molecule has 2 aromatic rings. The van der Waals surface area contributed by atoms with Crippen LogP contribution in [0.1, 0.15) is 6.92 Å². The van der Waals surface area contributed by atoms with Gasteiger partial charge in [0.2, 0.25) is 4.80 Å². The van der Waals surface area contributed by atoms with E-state index in [2.05, 4.69) is 22.1 Å². The number of aryl methyl sites for hydroxylation is 1. The van der Waals surface area contributed by atoms with E-state index in [-0.39, 0.29) is 0 Å². The Morgan fingerprint density at radius 2 is 2.07 bits per heavy atom. The smallest absolute Gasteiger partial charge is 0.222 e. The van der Waals surface area contributed by atoms with Crippen LogP contribution in [0.2, 0.25) is 0 Å². The Kier molecular flexibility index (Phi) is 2.97. The molecule has 78 valence electrons. The van der Waals surface area contributed by atoms with Crippen molar-refractivity contribution < 1.29 is 0 Å². The van der Waals surface area contributed by atoms with Crippen LogP contribution in [0, 0.1) is 0 Å². The second kappa shape index (κ2) is 4.40. The lowest BCUT2D eigenvalue weighted by atomic mass is 10.2. The highest BCUT2D eigenvalue weighted by atomic mass is 32.1. The molecule has 4 heteroatoms. The van der Waals surface area contributed by atoms with Crippen LogP contribution in [0.4, 0.5) is 0 Å². The van der Waals surface area contributed by atoms with Gasteiger partial charge in [0.15, 0.2) is 5.82 Å². The second-order valence-electron chi connectivity index (χ2n) is 3.15. The molecule has 0 aliphatic heterocycles. The van der Waals surface area contributed by atoms with Crippen molar-refractivity contribution in [3.05, 3.63) is 35.1 Å². The van der Waals surface area contributed by atoms with Crippen LogP contribution in [-0.2, 0) is 7.05 Å². The zero-order chi connectivity index (χ0) is 10.7. The van der Waals surface area contributed by atoms with Crippen molar-refractivity contribution in [3.8, 4) is 11.4 Å². The number of nitrogens with zero attached hydrogens (tertiary/aromatic N) is 3. The Bertz CT molecular complexity index is 496. The minimum atomic E-state index is 0.780. The lowest BCUT2D eigenvalue weighted by Gasteiger charge is -1.98. The van der Waals surface area contributed by atoms with Gasteiger partial charge in [-0.1, -0.05) is 30.3 Å². The molecule has 0 unspecified atom stereocenters. The monoisotopic (exact) mass is 219 g/mol. The Morgan fingerprint density at radius 1 is 1.33 bits per heavy atom. The molecule has 0 aliphatic carbocycles. The molecule has 0 N–H and O–H groups in total. The van der Waals surface area contributed by atoms with Crippen molar-refractivity contribution in [2.75, 3.05) is 6.54 Å². The normalized spacial score (nSPS) is 12.0. The van der Waals surface area contributed by atoms with Crippen molar-refractivity contribution in [3.63, 3.8) is 0 Å². The van der Waals surface area contributed by atoms with Crippen molar-refractivity contribution in [2.24, 2.45) is 12.0 Å². The summed E-state index contributed by atoms with van der Waals surface area (Å²) in [5.41, 5.74) is 1.13. The molecule has 0 saturated carbocycles. The summed E-state index contributed by atoms with van der Waals surface area (Å²) >= 11 is 1.57. The molecule has 1 aromatic carbocycles. The van der Waals surface area contributed by atoms with Crippen LogP contribution in [0.15, 0.2) is 35.3 Å². The number of rotatable bonds is 2. The first-order valence-corrected chi connectivity index (χ1v) is 5.69. The minimum absolute atomic E-state index is 0.780. The topological polar surface area (TPSA) is 30.2 Å². The molecule has 0 radical (unpaired) electrons. The van der Waals surface area contributed by atoms with Gasteiger partial charge in [0.1, 0.15) is 0 Å². The van der Waals surface area contributed by atoms with Crippen molar-refractivity contribution >= 4 is 11.5 Å². The van der Waals surface area contributed by atoms with E-state index in [4.69, 9.17) is 0 Å². The van der Waals surface area contributed by atoms with Crippen molar-refractivity contribution in [2.45, 2.75) is 6.92 Å².